The fraction of sp³-hybridized carbons (Fsp3) is 0.0909. The molecule has 3 rings (SSSR count). The summed E-state index contributed by atoms with van der Waals surface area (Å²) in [5.74, 6) is 7.35. The van der Waals surface area contributed by atoms with Crippen molar-refractivity contribution in [3.05, 3.63) is 90.0 Å². The summed E-state index contributed by atoms with van der Waals surface area (Å²) in [6.07, 6.45) is 0. The van der Waals surface area contributed by atoms with Crippen LogP contribution in [0, 0.1) is 11.8 Å². The lowest BCUT2D eigenvalue weighted by molar-refractivity contribution is 0.415. The van der Waals surface area contributed by atoms with Crippen LogP contribution in [0.1, 0.15) is 11.1 Å². The van der Waals surface area contributed by atoms with E-state index < -0.39 is 0 Å². The molecule has 0 aliphatic carbocycles. The maximum atomic E-state index is 5.18. The van der Waals surface area contributed by atoms with Gasteiger partial charge in [-0.2, -0.15) is 0 Å². The molecule has 3 aromatic rings. The van der Waals surface area contributed by atoms with Crippen molar-refractivity contribution in [3.8, 4) is 17.6 Å². The normalized spacial score (nSPS) is 9.75. The molecule has 118 valence electrons. The van der Waals surface area contributed by atoms with Gasteiger partial charge < -0.3 is 9.64 Å². The summed E-state index contributed by atoms with van der Waals surface area (Å²) in [4.78, 5) is 2.15. The SMILES string of the molecule is COc1ccc(C#Cc2ccccc2N(C)c2ccccc2)cc1. The Kier molecular flexibility index (Phi) is 4.84. The molecular formula is C22H19NO. The highest BCUT2D eigenvalue weighted by molar-refractivity contribution is 5.69. The monoisotopic (exact) mass is 313 g/mol. The predicted molar refractivity (Wildman–Crippen MR) is 99.9 cm³/mol. The highest BCUT2D eigenvalue weighted by Gasteiger charge is 2.06. The first-order valence-electron chi connectivity index (χ1n) is 7.82. The van der Waals surface area contributed by atoms with Crippen molar-refractivity contribution in [2.75, 3.05) is 19.1 Å². The van der Waals surface area contributed by atoms with Crippen LogP contribution in [0.25, 0.3) is 0 Å². The van der Waals surface area contributed by atoms with Crippen molar-refractivity contribution in [3.63, 3.8) is 0 Å². The van der Waals surface area contributed by atoms with E-state index in [1.54, 1.807) is 7.11 Å². The second kappa shape index (κ2) is 7.39. The molecule has 2 heteroatoms. The van der Waals surface area contributed by atoms with E-state index in [-0.39, 0.29) is 0 Å². The molecule has 0 amide bonds. The number of para-hydroxylation sites is 2. The Bertz CT molecular complexity index is 858. The van der Waals surface area contributed by atoms with Crippen molar-refractivity contribution in [1.82, 2.24) is 0 Å². The van der Waals surface area contributed by atoms with Gasteiger partial charge in [0, 0.05) is 23.9 Å². The summed E-state index contributed by atoms with van der Waals surface area (Å²) in [5.41, 5.74) is 4.19. The molecule has 0 bridgehead atoms. The van der Waals surface area contributed by atoms with Gasteiger partial charge in [-0.1, -0.05) is 42.2 Å². The molecule has 2 nitrogen and oxygen atoms in total. The minimum atomic E-state index is 0.838. The third-order valence-corrected chi connectivity index (χ3v) is 3.84. The van der Waals surface area contributed by atoms with Crippen LogP contribution in [0.15, 0.2) is 78.9 Å². The summed E-state index contributed by atoms with van der Waals surface area (Å²) in [7, 11) is 3.72. The van der Waals surface area contributed by atoms with Crippen LogP contribution < -0.4 is 9.64 Å². The van der Waals surface area contributed by atoms with E-state index in [1.165, 1.54) is 0 Å². The average Bonchev–Trinajstić information content (AvgIpc) is 2.67. The molecule has 0 aliphatic rings. The number of anilines is 2. The minimum Gasteiger partial charge on any atom is -0.497 e. The lowest BCUT2D eigenvalue weighted by atomic mass is 10.1. The van der Waals surface area contributed by atoms with Crippen molar-refractivity contribution in [1.29, 1.82) is 0 Å². The number of methoxy groups -OCH3 is 1. The van der Waals surface area contributed by atoms with E-state index in [0.29, 0.717) is 0 Å². The van der Waals surface area contributed by atoms with Crippen molar-refractivity contribution in [2.24, 2.45) is 0 Å². The molecule has 0 aliphatic heterocycles. The van der Waals surface area contributed by atoms with Gasteiger partial charge in [0.15, 0.2) is 0 Å². The van der Waals surface area contributed by atoms with Gasteiger partial charge in [0.25, 0.3) is 0 Å². The number of hydrogen-bond donors (Lipinski definition) is 0. The van der Waals surface area contributed by atoms with Gasteiger partial charge in [-0.15, -0.1) is 0 Å². The molecule has 0 atom stereocenters. The topological polar surface area (TPSA) is 12.5 Å². The standard InChI is InChI=1S/C22H19NO/c1-23(20-9-4-3-5-10-20)22-11-7-6-8-19(22)15-12-18-13-16-21(24-2)17-14-18/h3-11,13-14,16-17H,1-2H3. The molecular weight excluding hydrogens is 294 g/mol. The number of ether oxygens (including phenoxy) is 1. The summed E-state index contributed by atoms with van der Waals surface area (Å²) in [5, 5.41) is 0. The first-order valence-corrected chi connectivity index (χ1v) is 7.82. The molecule has 0 saturated carbocycles. The van der Waals surface area contributed by atoms with E-state index in [9.17, 15) is 0 Å². The summed E-state index contributed by atoms with van der Waals surface area (Å²) >= 11 is 0. The molecule has 0 saturated heterocycles. The molecule has 0 spiro atoms. The first kappa shape index (κ1) is 15.7. The van der Waals surface area contributed by atoms with Crippen molar-refractivity contribution in [2.45, 2.75) is 0 Å². The van der Waals surface area contributed by atoms with E-state index in [4.69, 9.17) is 4.74 Å². The van der Waals surface area contributed by atoms with E-state index in [2.05, 4.69) is 42.0 Å². The van der Waals surface area contributed by atoms with Crippen molar-refractivity contribution < 1.29 is 4.74 Å². The minimum absolute atomic E-state index is 0.838. The van der Waals surface area contributed by atoms with Crippen LogP contribution in [0.2, 0.25) is 0 Å². The van der Waals surface area contributed by atoms with E-state index in [0.717, 1.165) is 28.3 Å². The first-order chi connectivity index (χ1) is 11.8. The van der Waals surface area contributed by atoms with Crippen LogP contribution in [0.5, 0.6) is 5.75 Å². The quantitative estimate of drug-likeness (QED) is 0.640. The highest BCUT2D eigenvalue weighted by Crippen LogP contribution is 2.26. The van der Waals surface area contributed by atoms with Gasteiger partial charge in [-0.25, -0.2) is 0 Å². The van der Waals surface area contributed by atoms with Crippen LogP contribution in [-0.4, -0.2) is 14.2 Å². The Labute approximate surface area is 143 Å². The Hall–Kier alpha value is -3.18. The third-order valence-electron chi connectivity index (χ3n) is 3.84. The number of hydrogen-bond acceptors (Lipinski definition) is 2. The number of nitrogens with zero attached hydrogens (tertiary/aromatic N) is 1. The summed E-state index contributed by atoms with van der Waals surface area (Å²) in [6, 6.07) is 26.2. The molecule has 0 N–H and O–H groups in total. The second-order valence-corrected chi connectivity index (χ2v) is 5.39. The molecule has 0 unspecified atom stereocenters. The van der Waals surface area contributed by atoms with Crippen LogP contribution in [-0.2, 0) is 0 Å². The van der Waals surface area contributed by atoms with Gasteiger partial charge in [-0.3, -0.25) is 0 Å². The van der Waals surface area contributed by atoms with Crippen LogP contribution in [0.4, 0.5) is 11.4 Å². The smallest absolute Gasteiger partial charge is 0.118 e. The Morgan fingerprint density at radius 2 is 1.42 bits per heavy atom. The summed E-state index contributed by atoms with van der Waals surface area (Å²) in [6.45, 7) is 0. The summed E-state index contributed by atoms with van der Waals surface area (Å²) < 4.78 is 5.18. The van der Waals surface area contributed by atoms with Gasteiger partial charge in [-0.05, 0) is 48.5 Å². The van der Waals surface area contributed by atoms with E-state index >= 15 is 0 Å². The lowest BCUT2D eigenvalue weighted by Crippen LogP contribution is -2.10. The van der Waals surface area contributed by atoms with Crippen LogP contribution in [0.3, 0.4) is 0 Å². The van der Waals surface area contributed by atoms with Crippen molar-refractivity contribution >= 4 is 11.4 Å². The maximum Gasteiger partial charge on any atom is 0.118 e. The Morgan fingerprint density at radius 3 is 2.12 bits per heavy atom. The third kappa shape index (κ3) is 3.59. The molecule has 0 fully saturated rings. The van der Waals surface area contributed by atoms with Gasteiger partial charge in [0.2, 0.25) is 0 Å². The fourth-order valence-electron chi connectivity index (χ4n) is 2.48. The van der Waals surface area contributed by atoms with Crippen LogP contribution >= 0.6 is 0 Å². The van der Waals surface area contributed by atoms with Gasteiger partial charge >= 0.3 is 0 Å². The zero-order valence-electron chi connectivity index (χ0n) is 13.9. The Balaban J connectivity index is 1.91. The lowest BCUT2D eigenvalue weighted by Gasteiger charge is -2.20. The second-order valence-electron chi connectivity index (χ2n) is 5.39. The van der Waals surface area contributed by atoms with Gasteiger partial charge in [0.1, 0.15) is 5.75 Å². The largest absolute Gasteiger partial charge is 0.497 e. The van der Waals surface area contributed by atoms with Gasteiger partial charge in [0.05, 0.1) is 12.8 Å². The maximum absolute atomic E-state index is 5.18. The molecule has 3 aromatic carbocycles. The zero-order valence-corrected chi connectivity index (χ0v) is 13.9. The predicted octanol–water partition coefficient (Wildman–Crippen LogP) is 4.86. The molecule has 0 aromatic heterocycles. The number of benzene rings is 3. The molecule has 0 radical (unpaired) electrons. The molecule has 24 heavy (non-hydrogen) atoms. The fourth-order valence-corrected chi connectivity index (χ4v) is 2.48. The average molecular weight is 313 g/mol. The number of rotatable bonds is 3. The Morgan fingerprint density at radius 1 is 0.750 bits per heavy atom. The highest BCUT2D eigenvalue weighted by atomic mass is 16.5. The van der Waals surface area contributed by atoms with E-state index in [1.807, 2.05) is 60.7 Å². The molecule has 0 heterocycles. The zero-order chi connectivity index (χ0) is 16.8.